The Labute approximate surface area is 119 Å². The second-order valence-electron chi connectivity index (χ2n) is 5.33. The van der Waals surface area contributed by atoms with E-state index in [0.717, 1.165) is 12.0 Å². The van der Waals surface area contributed by atoms with Crippen LogP contribution in [0.2, 0.25) is 0 Å². The maximum atomic E-state index is 11.7. The highest BCUT2D eigenvalue weighted by Crippen LogP contribution is 2.39. The molecule has 0 heterocycles. The van der Waals surface area contributed by atoms with E-state index >= 15 is 0 Å². The molecule has 2 unspecified atom stereocenters. The van der Waals surface area contributed by atoms with Gasteiger partial charge >= 0.3 is 5.97 Å². The highest BCUT2D eigenvalue weighted by molar-refractivity contribution is 6.33. The number of hydrogen-bond donors (Lipinski definition) is 1. The van der Waals surface area contributed by atoms with E-state index in [-0.39, 0.29) is 11.2 Å². The number of hydrogen-bond acceptors (Lipinski definition) is 3. The van der Waals surface area contributed by atoms with Crippen molar-refractivity contribution in [3.05, 3.63) is 29.8 Å². The first-order valence-corrected chi connectivity index (χ1v) is 6.70. The zero-order valence-electron chi connectivity index (χ0n) is 11.9. The molecule has 0 saturated carbocycles. The van der Waals surface area contributed by atoms with Crippen LogP contribution >= 0.6 is 11.6 Å². The minimum Gasteiger partial charge on any atom is -0.508 e. The predicted molar refractivity (Wildman–Crippen MR) is 76.6 cm³/mol. The number of benzene rings is 1. The lowest BCUT2D eigenvalue weighted by Gasteiger charge is -2.34. The van der Waals surface area contributed by atoms with Gasteiger partial charge in [-0.3, -0.25) is 4.79 Å². The third-order valence-electron chi connectivity index (χ3n) is 3.68. The van der Waals surface area contributed by atoms with Gasteiger partial charge < -0.3 is 9.84 Å². The molecule has 0 spiro atoms. The van der Waals surface area contributed by atoms with E-state index < -0.39 is 10.8 Å². The summed E-state index contributed by atoms with van der Waals surface area (Å²) < 4.78 is 4.75. The number of aromatic hydroxyl groups is 1. The van der Waals surface area contributed by atoms with Crippen molar-refractivity contribution in [2.24, 2.45) is 0 Å². The Morgan fingerprint density at radius 1 is 1.32 bits per heavy atom. The SMILES string of the molecule is CCC(C)(CC(C)(Cl)C(=O)OC)c1ccc(O)cc1. The number of carbonyl (C=O) groups excluding carboxylic acids is 1. The summed E-state index contributed by atoms with van der Waals surface area (Å²) in [6.45, 7) is 5.79. The second-order valence-corrected chi connectivity index (χ2v) is 6.16. The summed E-state index contributed by atoms with van der Waals surface area (Å²) in [5.74, 6) is -0.198. The third-order valence-corrected chi connectivity index (χ3v) is 3.97. The first-order valence-electron chi connectivity index (χ1n) is 6.32. The van der Waals surface area contributed by atoms with Crippen LogP contribution in [0.3, 0.4) is 0 Å². The number of halogens is 1. The van der Waals surface area contributed by atoms with Gasteiger partial charge in [-0.15, -0.1) is 11.6 Å². The molecule has 0 saturated heterocycles. The minimum atomic E-state index is -1.06. The van der Waals surface area contributed by atoms with Crippen molar-refractivity contribution < 1.29 is 14.6 Å². The number of rotatable bonds is 5. The van der Waals surface area contributed by atoms with Crippen LogP contribution in [0.1, 0.15) is 39.2 Å². The summed E-state index contributed by atoms with van der Waals surface area (Å²) in [7, 11) is 1.34. The molecular weight excluding hydrogens is 264 g/mol. The van der Waals surface area contributed by atoms with Gasteiger partial charge in [-0.25, -0.2) is 0 Å². The normalized spacial score (nSPS) is 17.3. The van der Waals surface area contributed by atoms with Crippen molar-refractivity contribution in [1.29, 1.82) is 0 Å². The zero-order valence-corrected chi connectivity index (χ0v) is 12.6. The molecule has 1 aromatic carbocycles. The number of ether oxygens (including phenoxy) is 1. The maximum Gasteiger partial charge on any atom is 0.326 e. The van der Waals surface area contributed by atoms with Gasteiger partial charge in [0.1, 0.15) is 10.6 Å². The number of methoxy groups -OCH3 is 1. The molecule has 4 heteroatoms. The third kappa shape index (κ3) is 3.63. The van der Waals surface area contributed by atoms with Gasteiger partial charge in [0.2, 0.25) is 0 Å². The molecule has 0 amide bonds. The van der Waals surface area contributed by atoms with Gasteiger partial charge in [-0.2, -0.15) is 0 Å². The van der Waals surface area contributed by atoms with Crippen LogP contribution in [0.4, 0.5) is 0 Å². The van der Waals surface area contributed by atoms with Crippen molar-refractivity contribution >= 4 is 17.6 Å². The van der Waals surface area contributed by atoms with Gasteiger partial charge in [-0.05, 0) is 42.9 Å². The van der Waals surface area contributed by atoms with Crippen LogP contribution in [0.15, 0.2) is 24.3 Å². The Kier molecular flexibility index (Phi) is 4.86. The fourth-order valence-electron chi connectivity index (χ4n) is 2.31. The van der Waals surface area contributed by atoms with Crippen LogP contribution in [0.25, 0.3) is 0 Å². The highest BCUT2D eigenvalue weighted by Gasteiger charge is 2.40. The fraction of sp³-hybridized carbons (Fsp3) is 0.533. The molecule has 0 aliphatic rings. The van der Waals surface area contributed by atoms with Crippen LogP contribution in [0, 0.1) is 0 Å². The topological polar surface area (TPSA) is 46.5 Å². The molecule has 2 atom stereocenters. The second kappa shape index (κ2) is 5.83. The smallest absolute Gasteiger partial charge is 0.326 e. The van der Waals surface area contributed by atoms with Crippen molar-refractivity contribution in [2.75, 3.05) is 7.11 Å². The molecular formula is C15H21ClO3. The van der Waals surface area contributed by atoms with E-state index in [0.29, 0.717) is 6.42 Å². The number of phenols is 1. The molecule has 1 rings (SSSR count). The Bertz CT molecular complexity index is 439. The predicted octanol–water partition coefficient (Wildman–Crippen LogP) is 3.62. The molecule has 0 fully saturated rings. The van der Waals surface area contributed by atoms with Gasteiger partial charge in [0.25, 0.3) is 0 Å². The Morgan fingerprint density at radius 3 is 2.26 bits per heavy atom. The van der Waals surface area contributed by atoms with E-state index in [9.17, 15) is 9.90 Å². The Hall–Kier alpha value is -1.22. The summed E-state index contributed by atoms with van der Waals surface area (Å²) >= 11 is 6.31. The largest absolute Gasteiger partial charge is 0.508 e. The minimum absolute atomic E-state index is 0.226. The first-order chi connectivity index (χ1) is 8.75. The number of esters is 1. The quantitative estimate of drug-likeness (QED) is 0.663. The Morgan fingerprint density at radius 2 is 1.84 bits per heavy atom. The lowest BCUT2D eigenvalue weighted by atomic mass is 9.73. The summed E-state index contributed by atoms with van der Waals surface area (Å²) in [6, 6.07) is 7.02. The lowest BCUT2D eigenvalue weighted by molar-refractivity contribution is -0.144. The molecule has 3 nitrogen and oxygen atoms in total. The van der Waals surface area contributed by atoms with E-state index in [1.165, 1.54) is 7.11 Å². The zero-order chi connectivity index (χ0) is 14.7. The fourth-order valence-corrected chi connectivity index (χ4v) is 2.68. The van der Waals surface area contributed by atoms with Crippen LogP contribution in [-0.4, -0.2) is 23.1 Å². The average Bonchev–Trinajstić information content (AvgIpc) is 2.37. The van der Waals surface area contributed by atoms with Crippen molar-refractivity contribution in [1.82, 2.24) is 0 Å². The molecule has 0 aliphatic carbocycles. The molecule has 0 aromatic heterocycles. The first kappa shape index (κ1) is 15.8. The van der Waals surface area contributed by atoms with E-state index in [1.54, 1.807) is 19.1 Å². The number of phenolic OH excluding ortho intramolecular Hbond substituents is 1. The van der Waals surface area contributed by atoms with E-state index in [2.05, 4.69) is 13.8 Å². The van der Waals surface area contributed by atoms with Crippen molar-refractivity contribution in [3.8, 4) is 5.75 Å². The van der Waals surface area contributed by atoms with Crippen molar-refractivity contribution in [3.63, 3.8) is 0 Å². The monoisotopic (exact) mass is 284 g/mol. The van der Waals surface area contributed by atoms with E-state index in [1.807, 2.05) is 12.1 Å². The van der Waals surface area contributed by atoms with Gasteiger partial charge in [0.05, 0.1) is 7.11 Å². The summed E-state index contributed by atoms with van der Waals surface area (Å²) in [5.41, 5.74) is 0.793. The number of carbonyl (C=O) groups is 1. The summed E-state index contributed by atoms with van der Waals surface area (Å²) in [5, 5.41) is 9.35. The highest BCUT2D eigenvalue weighted by atomic mass is 35.5. The maximum absolute atomic E-state index is 11.7. The molecule has 0 radical (unpaired) electrons. The molecule has 19 heavy (non-hydrogen) atoms. The molecule has 106 valence electrons. The van der Waals surface area contributed by atoms with Crippen molar-refractivity contribution in [2.45, 2.75) is 43.9 Å². The number of alkyl halides is 1. The van der Waals surface area contributed by atoms with Gasteiger partial charge in [0, 0.05) is 0 Å². The van der Waals surface area contributed by atoms with Crippen LogP contribution < -0.4 is 0 Å². The summed E-state index contributed by atoms with van der Waals surface area (Å²) in [6.07, 6.45) is 1.30. The van der Waals surface area contributed by atoms with Gasteiger partial charge in [0.15, 0.2) is 0 Å². The van der Waals surface area contributed by atoms with Crippen LogP contribution in [0.5, 0.6) is 5.75 Å². The van der Waals surface area contributed by atoms with Gasteiger partial charge in [-0.1, -0.05) is 26.0 Å². The molecule has 0 aliphatic heterocycles. The molecule has 0 bridgehead atoms. The molecule has 1 aromatic rings. The molecule has 1 N–H and O–H groups in total. The standard InChI is InChI=1S/C15H21ClO3/c1-5-14(2,10-15(3,16)13(18)19-4)11-6-8-12(17)9-7-11/h6-9,17H,5,10H2,1-4H3. The Balaban J connectivity index is 3.04. The lowest BCUT2D eigenvalue weighted by Crippen LogP contribution is -2.38. The van der Waals surface area contributed by atoms with Crippen LogP contribution in [-0.2, 0) is 14.9 Å². The summed E-state index contributed by atoms with van der Waals surface area (Å²) in [4.78, 5) is 10.7. The van der Waals surface area contributed by atoms with E-state index in [4.69, 9.17) is 16.3 Å². The average molecular weight is 285 g/mol.